The maximum absolute atomic E-state index is 12.9. The van der Waals surface area contributed by atoms with E-state index in [2.05, 4.69) is 16.0 Å². The summed E-state index contributed by atoms with van der Waals surface area (Å²) in [6.45, 7) is 1.83. The van der Waals surface area contributed by atoms with E-state index in [0.29, 0.717) is 22.4 Å². The van der Waals surface area contributed by atoms with Crippen LogP contribution in [0.3, 0.4) is 0 Å². The van der Waals surface area contributed by atoms with Crippen LogP contribution in [0.1, 0.15) is 28.6 Å². The number of urea groups is 1. The van der Waals surface area contributed by atoms with Gasteiger partial charge >= 0.3 is 6.03 Å². The van der Waals surface area contributed by atoms with Crippen LogP contribution in [0.4, 0.5) is 10.5 Å². The SMILES string of the molecule is COCc1c(C(=O)Nc2cccc(C3(C)NC(=O)NC3=O)c2)oc2ccccc12. The Hall–Kier alpha value is -3.65. The Morgan fingerprint density at radius 1 is 1.17 bits per heavy atom. The molecule has 4 amide bonds. The number of anilines is 1. The van der Waals surface area contributed by atoms with Gasteiger partial charge in [0, 0.05) is 23.7 Å². The third-order valence-corrected chi connectivity index (χ3v) is 4.94. The highest BCUT2D eigenvalue weighted by Gasteiger charge is 2.43. The number of hydrogen-bond donors (Lipinski definition) is 3. The zero-order valence-electron chi connectivity index (χ0n) is 15.9. The maximum atomic E-state index is 12.9. The van der Waals surface area contributed by atoms with Crippen LogP contribution in [0.5, 0.6) is 0 Å². The molecule has 148 valence electrons. The molecule has 0 bridgehead atoms. The number of benzene rings is 2. The molecule has 1 aliphatic rings. The van der Waals surface area contributed by atoms with Crippen molar-refractivity contribution in [3.05, 3.63) is 65.4 Å². The van der Waals surface area contributed by atoms with Crippen molar-refractivity contribution in [2.75, 3.05) is 12.4 Å². The molecular formula is C21H19N3O5. The summed E-state index contributed by atoms with van der Waals surface area (Å²) in [5, 5.41) is 8.43. The fourth-order valence-corrected chi connectivity index (χ4v) is 3.41. The summed E-state index contributed by atoms with van der Waals surface area (Å²) in [5.74, 6) is -0.724. The minimum Gasteiger partial charge on any atom is -0.451 e. The Balaban J connectivity index is 1.65. The second-order valence-electron chi connectivity index (χ2n) is 6.91. The molecule has 29 heavy (non-hydrogen) atoms. The van der Waals surface area contributed by atoms with Gasteiger partial charge in [-0.3, -0.25) is 14.9 Å². The number of carbonyl (C=O) groups is 3. The number of carbonyl (C=O) groups excluding carboxylic acids is 3. The van der Waals surface area contributed by atoms with Crippen molar-refractivity contribution in [2.24, 2.45) is 0 Å². The molecule has 8 heteroatoms. The lowest BCUT2D eigenvalue weighted by Gasteiger charge is -2.21. The van der Waals surface area contributed by atoms with E-state index < -0.39 is 23.4 Å². The molecule has 0 aliphatic carbocycles. The minimum atomic E-state index is -1.21. The van der Waals surface area contributed by atoms with Gasteiger partial charge in [-0.15, -0.1) is 0 Å². The van der Waals surface area contributed by atoms with Crippen LogP contribution in [0.15, 0.2) is 52.9 Å². The molecule has 8 nitrogen and oxygen atoms in total. The normalized spacial score (nSPS) is 18.6. The third kappa shape index (κ3) is 3.23. The Bertz CT molecular complexity index is 1140. The number of rotatable bonds is 5. The summed E-state index contributed by atoms with van der Waals surface area (Å²) in [6.07, 6.45) is 0. The second kappa shape index (κ2) is 7.06. The number of amides is 4. The molecule has 1 aromatic heterocycles. The molecule has 0 saturated carbocycles. The summed E-state index contributed by atoms with van der Waals surface area (Å²) < 4.78 is 11.0. The molecule has 0 radical (unpaired) electrons. The molecule has 2 heterocycles. The first-order valence-corrected chi connectivity index (χ1v) is 8.97. The summed E-state index contributed by atoms with van der Waals surface area (Å²) in [6, 6.07) is 13.5. The average molecular weight is 393 g/mol. The van der Waals surface area contributed by atoms with Crippen molar-refractivity contribution in [2.45, 2.75) is 19.1 Å². The lowest BCUT2D eigenvalue weighted by Crippen LogP contribution is -2.40. The predicted molar refractivity (Wildman–Crippen MR) is 105 cm³/mol. The highest BCUT2D eigenvalue weighted by molar-refractivity contribution is 6.08. The van der Waals surface area contributed by atoms with E-state index in [1.165, 1.54) is 0 Å². The molecule has 1 fully saturated rings. The summed E-state index contributed by atoms with van der Waals surface area (Å²) in [5.41, 5.74) is 1.05. The molecule has 1 unspecified atom stereocenters. The average Bonchev–Trinajstić information content (AvgIpc) is 3.20. The molecule has 3 N–H and O–H groups in total. The highest BCUT2D eigenvalue weighted by Crippen LogP contribution is 2.29. The van der Waals surface area contributed by atoms with Crippen molar-refractivity contribution in [1.29, 1.82) is 0 Å². The molecule has 3 aromatic rings. The third-order valence-electron chi connectivity index (χ3n) is 4.94. The lowest BCUT2D eigenvalue weighted by molar-refractivity contribution is -0.123. The van der Waals surface area contributed by atoms with E-state index in [1.54, 1.807) is 44.4 Å². The van der Waals surface area contributed by atoms with E-state index in [-0.39, 0.29) is 12.4 Å². The summed E-state index contributed by atoms with van der Waals surface area (Å²) in [4.78, 5) is 36.6. The van der Waals surface area contributed by atoms with Crippen LogP contribution in [-0.2, 0) is 21.7 Å². The zero-order chi connectivity index (χ0) is 20.6. The van der Waals surface area contributed by atoms with Gasteiger partial charge in [-0.05, 0) is 30.7 Å². The summed E-state index contributed by atoms with van der Waals surface area (Å²) in [7, 11) is 1.55. The van der Waals surface area contributed by atoms with Gasteiger partial charge in [-0.2, -0.15) is 0 Å². The number of furan rings is 1. The first-order valence-electron chi connectivity index (χ1n) is 8.97. The lowest BCUT2D eigenvalue weighted by atomic mass is 9.92. The molecule has 2 aromatic carbocycles. The fourth-order valence-electron chi connectivity index (χ4n) is 3.41. The van der Waals surface area contributed by atoms with Crippen molar-refractivity contribution < 1.29 is 23.5 Å². The Labute approximate surface area is 166 Å². The van der Waals surface area contributed by atoms with Crippen molar-refractivity contribution >= 4 is 34.5 Å². The van der Waals surface area contributed by atoms with Gasteiger partial charge in [0.15, 0.2) is 5.76 Å². The van der Waals surface area contributed by atoms with Gasteiger partial charge in [0.2, 0.25) is 0 Å². The number of imide groups is 1. The van der Waals surface area contributed by atoms with Crippen LogP contribution in [0, 0.1) is 0 Å². The zero-order valence-corrected chi connectivity index (χ0v) is 15.9. The second-order valence-corrected chi connectivity index (χ2v) is 6.91. The van der Waals surface area contributed by atoms with E-state index in [9.17, 15) is 14.4 Å². The molecular weight excluding hydrogens is 374 g/mol. The Morgan fingerprint density at radius 2 is 1.97 bits per heavy atom. The largest absolute Gasteiger partial charge is 0.451 e. The number of nitrogens with one attached hydrogen (secondary N) is 3. The van der Waals surface area contributed by atoms with Gasteiger partial charge in [-0.25, -0.2) is 4.79 Å². The molecule has 4 rings (SSSR count). The monoisotopic (exact) mass is 393 g/mol. The van der Waals surface area contributed by atoms with Crippen LogP contribution in [0.25, 0.3) is 11.0 Å². The predicted octanol–water partition coefficient (Wildman–Crippen LogP) is 2.89. The molecule has 0 spiro atoms. The van der Waals surface area contributed by atoms with Crippen LogP contribution in [0.2, 0.25) is 0 Å². The van der Waals surface area contributed by atoms with E-state index in [4.69, 9.17) is 9.15 Å². The van der Waals surface area contributed by atoms with Crippen molar-refractivity contribution in [3.63, 3.8) is 0 Å². The number of hydrogen-bond acceptors (Lipinski definition) is 5. The van der Waals surface area contributed by atoms with E-state index in [1.807, 2.05) is 18.2 Å². The Kier molecular flexibility index (Phi) is 4.56. The van der Waals surface area contributed by atoms with Crippen LogP contribution in [-0.4, -0.2) is 25.0 Å². The van der Waals surface area contributed by atoms with Crippen molar-refractivity contribution in [1.82, 2.24) is 10.6 Å². The standard InChI is InChI=1S/C21H19N3O5/c1-21(19(26)23-20(27)24-21)12-6-5-7-13(10-12)22-18(25)17-15(11-28-2)14-8-3-4-9-16(14)29-17/h3-10H,11H2,1-2H3,(H,22,25)(H2,23,24,26,27). The number of fused-ring (bicyclic) bond motifs is 1. The number of ether oxygens (including phenoxy) is 1. The van der Waals surface area contributed by atoms with E-state index >= 15 is 0 Å². The van der Waals surface area contributed by atoms with Crippen LogP contribution < -0.4 is 16.0 Å². The van der Waals surface area contributed by atoms with Gasteiger partial charge in [-0.1, -0.05) is 30.3 Å². The smallest absolute Gasteiger partial charge is 0.322 e. The van der Waals surface area contributed by atoms with Crippen molar-refractivity contribution in [3.8, 4) is 0 Å². The number of methoxy groups -OCH3 is 1. The first-order chi connectivity index (χ1) is 13.9. The van der Waals surface area contributed by atoms with E-state index in [0.717, 1.165) is 5.39 Å². The topological polar surface area (TPSA) is 110 Å². The fraction of sp³-hybridized carbons (Fsp3) is 0.190. The molecule has 1 atom stereocenters. The molecule has 1 saturated heterocycles. The molecule has 1 aliphatic heterocycles. The quantitative estimate of drug-likeness (QED) is 0.578. The summed E-state index contributed by atoms with van der Waals surface area (Å²) >= 11 is 0. The minimum absolute atomic E-state index is 0.163. The van der Waals surface area contributed by atoms with Gasteiger partial charge in [0.25, 0.3) is 11.8 Å². The van der Waals surface area contributed by atoms with Gasteiger partial charge in [0.1, 0.15) is 11.1 Å². The van der Waals surface area contributed by atoms with Crippen LogP contribution >= 0.6 is 0 Å². The highest BCUT2D eigenvalue weighted by atomic mass is 16.5. The Morgan fingerprint density at radius 3 is 2.69 bits per heavy atom. The van der Waals surface area contributed by atoms with Gasteiger partial charge < -0.3 is 19.8 Å². The number of para-hydroxylation sites is 1. The first kappa shape index (κ1) is 18.7. The van der Waals surface area contributed by atoms with Gasteiger partial charge in [0.05, 0.1) is 6.61 Å². The maximum Gasteiger partial charge on any atom is 0.322 e.